The highest BCUT2D eigenvalue weighted by Gasteiger charge is 2.35. The zero-order chi connectivity index (χ0) is 15.1. The molecule has 3 aromatic rings. The predicted molar refractivity (Wildman–Crippen MR) is 81.1 cm³/mol. The minimum atomic E-state index is -0.361. The molecule has 0 spiro atoms. The first-order chi connectivity index (χ1) is 10.7. The van der Waals surface area contributed by atoms with E-state index in [0.29, 0.717) is 24.7 Å². The van der Waals surface area contributed by atoms with Crippen LogP contribution >= 0.6 is 0 Å². The van der Waals surface area contributed by atoms with E-state index in [4.69, 9.17) is 4.52 Å². The average Bonchev–Trinajstić information content (AvgIpc) is 3.19. The van der Waals surface area contributed by atoms with E-state index in [1.807, 2.05) is 13.1 Å². The Morgan fingerprint density at radius 1 is 1.41 bits per heavy atom. The molecule has 1 aliphatic heterocycles. The molecule has 1 aromatic carbocycles. The van der Waals surface area contributed by atoms with Crippen LogP contribution in [0, 0.1) is 6.92 Å². The molecule has 4 rings (SSSR count). The highest BCUT2D eigenvalue weighted by molar-refractivity contribution is 5.82. The zero-order valence-electron chi connectivity index (χ0n) is 12.4. The molecule has 114 valence electrons. The summed E-state index contributed by atoms with van der Waals surface area (Å²) in [6, 6.07) is 8.30. The number of likely N-dealkylation sites (tertiary alicyclic amines) is 1. The van der Waals surface area contributed by atoms with Crippen LogP contribution in [0.3, 0.4) is 0 Å². The van der Waals surface area contributed by atoms with E-state index >= 15 is 0 Å². The van der Waals surface area contributed by atoms with Crippen LogP contribution in [0.15, 0.2) is 35.0 Å². The third-order valence-corrected chi connectivity index (χ3v) is 4.26. The smallest absolute Gasteiger partial charge is 0.244 e. The lowest BCUT2D eigenvalue weighted by Crippen LogP contribution is -2.24. The normalized spacial score (nSPS) is 22.6. The van der Waals surface area contributed by atoms with Crippen molar-refractivity contribution in [2.45, 2.75) is 32.0 Å². The van der Waals surface area contributed by atoms with Gasteiger partial charge in [0.15, 0.2) is 5.82 Å². The van der Waals surface area contributed by atoms with Crippen molar-refractivity contribution in [3.8, 4) is 0 Å². The van der Waals surface area contributed by atoms with E-state index in [0.717, 1.165) is 12.1 Å². The largest absolute Gasteiger partial charge is 0.392 e. The van der Waals surface area contributed by atoms with Crippen molar-refractivity contribution in [2.24, 2.45) is 0 Å². The first kappa shape index (κ1) is 13.5. The molecule has 0 bridgehead atoms. The third-order valence-electron chi connectivity index (χ3n) is 4.26. The number of aliphatic hydroxyl groups is 1. The Labute approximate surface area is 127 Å². The van der Waals surface area contributed by atoms with Crippen LogP contribution in [0.5, 0.6) is 0 Å². The fourth-order valence-electron chi connectivity index (χ4n) is 3.26. The number of nitrogens with one attached hydrogen (secondary N) is 1. The topological polar surface area (TPSA) is 78.2 Å². The van der Waals surface area contributed by atoms with Crippen LogP contribution < -0.4 is 0 Å². The molecule has 2 atom stereocenters. The van der Waals surface area contributed by atoms with Gasteiger partial charge in [-0.2, -0.15) is 4.98 Å². The number of benzene rings is 1. The number of β-amino-alcohol motifs (C(OH)–C–C–N with tert-alkyl or cyclic N) is 1. The molecule has 1 aliphatic rings. The van der Waals surface area contributed by atoms with Crippen molar-refractivity contribution in [3.63, 3.8) is 0 Å². The number of hydrogen-bond acceptors (Lipinski definition) is 5. The molecule has 0 unspecified atom stereocenters. The Balaban J connectivity index is 1.64. The Morgan fingerprint density at radius 2 is 2.32 bits per heavy atom. The molecule has 22 heavy (non-hydrogen) atoms. The maximum Gasteiger partial charge on any atom is 0.244 e. The number of rotatable bonds is 3. The first-order valence-electron chi connectivity index (χ1n) is 7.48. The molecule has 2 aromatic heterocycles. The highest BCUT2D eigenvalue weighted by Crippen LogP contribution is 2.33. The summed E-state index contributed by atoms with van der Waals surface area (Å²) in [7, 11) is 0. The third kappa shape index (κ3) is 2.30. The number of aryl methyl sites for hydroxylation is 1. The van der Waals surface area contributed by atoms with Gasteiger partial charge in [0.05, 0.1) is 12.1 Å². The quantitative estimate of drug-likeness (QED) is 0.775. The molecule has 3 heterocycles. The summed E-state index contributed by atoms with van der Waals surface area (Å²) >= 11 is 0. The molecule has 2 N–H and O–H groups in total. The Kier molecular flexibility index (Phi) is 3.20. The van der Waals surface area contributed by atoms with Crippen molar-refractivity contribution < 1.29 is 9.63 Å². The second-order valence-electron chi connectivity index (χ2n) is 5.87. The summed E-state index contributed by atoms with van der Waals surface area (Å²) in [5, 5.41) is 15.1. The lowest BCUT2D eigenvalue weighted by atomic mass is 10.1. The van der Waals surface area contributed by atoms with Crippen molar-refractivity contribution >= 4 is 10.9 Å². The van der Waals surface area contributed by atoms with Gasteiger partial charge < -0.3 is 14.6 Å². The molecule has 0 aliphatic carbocycles. The number of aromatic amines is 1. The van der Waals surface area contributed by atoms with Gasteiger partial charge in [-0.25, -0.2) is 0 Å². The lowest BCUT2D eigenvalue weighted by molar-refractivity contribution is 0.169. The minimum Gasteiger partial charge on any atom is -0.392 e. The summed E-state index contributed by atoms with van der Waals surface area (Å²) in [5.41, 5.74) is 2.35. The summed E-state index contributed by atoms with van der Waals surface area (Å²) in [6.07, 6.45) is 2.22. The van der Waals surface area contributed by atoms with Gasteiger partial charge in [-0.05, 0) is 30.4 Å². The first-order valence-corrected chi connectivity index (χ1v) is 7.48. The molecule has 6 nitrogen and oxygen atoms in total. The number of aliphatic hydroxyl groups excluding tert-OH is 1. The summed E-state index contributed by atoms with van der Waals surface area (Å²) in [4.78, 5) is 9.83. The van der Waals surface area contributed by atoms with Gasteiger partial charge in [-0.15, -0.1) is 0 Å². The van der Waals surface area contributed by atoms with Crippen LogP contribution in [-0.4, -0.2) is 37.8 Å². The van der Waals surface area contributed by atoms with E-state index in [-0.39, 0.29) is 12.1 Å². The molecule has 0 saturated carbocycles. The Bertz CT molecular complexity index is 794. The number of fused-ring (bicyclic) bond motifs is 1. The Hall–Kier alpha value is -2.18. The van der Waals surface area contributed by atoms with Gasteiger partial charge >= 0.3 is 0 Å². The van der Waals surface area contributed by atoms with Crippen LogP contribution in [-0.2, 0) is 6.54 Å². The van der Waals surface area contributed by atoms with Gasteiger partial charge in [0.25, 0.3) is 0 Å². The summed E-state index contributed by atoms with van der Waals surface area (Å²) in [5.74, 6) is 1.22. The van der Waals surface area contributed by atoms with E-state index in [1.165, 1.54) is 10.9 Å². The second-order valence-corrected chi connectivity index (χ2v) is 5.87. The molecule has 0 amide bonds. The number of hydrogen-bond donors (Lipinski definition) is 2. The van der Waals surface area contributed by atoms with E-state index in [2.05, 4.69) is 44.3 Å². The molecule has 1 saturated heterocycles. The Morgan fingerprint density at radius 3 is 3.14 bits per heavy atom. The van der Waals surface area contributed by atoms with Gasteiger partial charge in [0.1, 0.15) is 0 Å². The lowest BCUT2D eigenvalue weighted by Gasteiger charge is -2.21. The number of para-hydroxylation sites is 1. The minimum absolute atomic E-state index is 0.0265. The SMILES string of the molecule is Cc1noc([C@H]2C[C@@H](O)CN2Cc2cccc3cc[nH]c23)n1. The number of nitrogens with zero attached hydrogens (tertiary/aromatic N) is 3. The van der Waals surface area contributed by atoms with E-state index < -0.39 is 0 Å². The van der Waals surface area contributed by atoms with Crippen molar-refractivity contribution in [1.29, 1.82) is 0 Å². The van der Waals surface area contributed by atoms with E-state index in [1.54, 1.807) is 0 Å². The maximum atomic E-state index is 10.1. The van der Waals surface area contributed by atoms with Gasteiger partial charge in [0, 0.05) is 24.8 Å². The molecular weight excluding hydrogens is 280 g/mol. The fraction of sp³-hybridized carbons (Fsp3) is 0.375. The summed E-state index contributed by atoms with van der Waals surface area (Å²) in [6.45, 7) is 3.16. The van der Waals surface area contributed by atoms with Crippen molar-refractivity contribution in [2.75, 3.05) is 6.54 Å². The van der Waals surface area contributed by atoms with Gasteiger partial charge in [0.2, 0.25) is 5.89 Å². The van der Waals surface area contributed by atoms with Crippen LogP contribution in [0.1, 0.15) is 29.7 Å². The molecule has 1 fully saturated rings. The molecular formula is C16H18N4O2. The molecule has 6 heteroatoms. The second kappa shape index (κ2) is 5.23. The monoisotopic (exact) mass is 298 g/mol. The van der Waals surface area contributed by atoms with Crippen molar-refractivity contribution in [1.82, 2.24) is 20.0 Å². The average molecular weight is 298 g/mol. The van der Waals surface area contributed by atoms with Gasteiger partial charge in [-0.1, -0.05) is 23.4 Å². The highest BCUT2D eigenvalue weighted by atomic mass is 16.5. The molecule has 0 radical (unpaired) electrons. The van der Waals surface area contributed by atoms with Gasteiger partial charge in [-0.3, -0.25) is 4.90 Å². The van der Waals surface area contributed by atoms with Crippen LogP contribution in [0.25, 0.3) is 10.9 Å². The standard InChI is InChI=1S/C16H18N4O2/c1-10-18-16(22-19-10)14-7-13(21)9-20(14)8-12-4-2-3-11-5-6-17-15(11)12/h2-6,13-14,17,21H,7-9H2,1H3/t13-,14-/m1/s1. The van der Waals surface area contributed by atoms with E-state index in [9.17, 15) is 5.11 Å². The van der Waals surface area contributed by atoms with Crippen LogP contribution in [0.2, 0.25) is 0 Å². The number of aromatic nitrogens is 3. The summed E-state index contributed by atoms with van der Waals surface area (Å²) < 4.78 is 5.32. The predicted octanol–water partition coefficient (Wildman–Crippen LogP) is 2.17. The maximum absolute atomic E-state index is 10.1. The van der Waals surface area contributed by atoms with Crippen LogP contribution in [0.4, 0.5) is 0 Å². The van der Waals surface area contributed by atoms with Crippen molar-refractivity contribution in [3.05, 3.63) is 47.7 Å². The fourth-order valence-corrected chi connectivity index (χ4v) is 3.26. The zero-order valence-corrected chi connectivity index (χ0v) is 12.4. The number of H-pyrrole nitrogens is 1.